The molecule has 0 amide bonds. The van der Waals surface area contributed by atoms with E-state index in [1.54, 1.807) is 30.5 Å². The number of benzene rings is 3. The molecule has 0 unspecified atom stereocenters. The topological polar surface area (TPSA) is 93.1 Å². The minimum atomic E-state index is -1.20. The van der Waals surface area contributed by atoms with E-state index in [2.05, 4.69) is 4.98 Å². The van der Waals surface area contributed by atoms with Crippen molar-refractivity contribution in [3.8, 4) is 33.5 Å². The van der Waals surface area contributed by atoms with Gasteiger partial charge in [-0.25, -0.2) is 0 Å². The fourth-order valence-corrected chi connectivity index (χ4v) is 3.17. The lowest BCUT2D eigenvalue weighted by Gasteiger charge is -2.08. The molecule has 0 aliphatic rings. The standard InChI is InChI=1S/C25H17NO4/c27-24(28)20-9-3-17(4-10-20)16-1-7-19(8-2-16)23-14-13-22(15-26-23)18-5-11-21(12-6-18)25(29)30/h1-15H,(H,27,28)(H,29,30)/p-2. The number of rotatable bonds is 5. The predicted octanol–water partition coefficient (Wildman–Crippen LogP) is 2.81. The molecule has 0 fully saturated rings. The number of nitrogens with zero attached hydrogens (tertiary/aromatic N) is 1. The second kappa shape index (κ2) is 8.01. The highest BCUT2D eigenvalue weighted by Crippen LogP contribution is 2.26. The Morgan fingerprint density at radius 3 is 1.27 bits per heavy atom. The minimum absolute atomic E-state index is 0.137. The number of aromatic nitrogens is 1. The van der Waals surface area contributed by atoms with Crippen LogP contribution in [0.3, 0.4) is 0 Å². The van der Waals surface area contributed by atoms with Gasteiger partial charge in [0.1, 0.15) is 0 Å². The van der Waals surface area contributed by atoms with Crippen molar-refractivity contribution in [1.29, 1.82) is 0 Å². The second-order valence-corrected chi connectivity index (χ2v) is 6.74. The SMILES string of the molecule is O=C([O-])c1ccc(-c2ccc(-c3ccc(-c4ccc(C(=O)[O-])cc4)cn3)cc2)cc1. The zero-order valence-electron chi connectivity index (χ0n) is 15.7. The van der Waals surface area contributed by atoms with Gasteiger partial charge in [0.15, 0.2) is 0 Å². The Hall–Kier alpha value is -4.25. The van der Waals surface area contributed by atoms with Crippen molar-refractivity contribution in [2.75, 3.05) is 0 Å². The molecule has 1 heterocycles. The van der Waals surface area contributed by atoms with Crippen LogP contribution in [0.15, 0.2) is 91.1 Å². The summed E-state index contributed by atoms with van der Waals surface area (Å²) >= 11 is 0. The Morgan fingerprint density at radius 2 is 0.867 bits per heavy atom. The summed E-state index contributed by atoms with van der Waals surface area (Å²) in [6.45, 7) is 0. The van der Waals surface area contributed by atoms with Gasteiger partial charge in [-0.2, -0.15) is 0 Å². The summed E-state index contributed by atoms with van der Waals surface area (Å²) in [6, 6.07) is 24.7. The molecule has 0 saturated heterocycles. The molecule has 0 N–H and O–H groups in total. The van der Waals surface area contributed by atoms with E-state index >= 15 is 0 Å². The maximum Gasteiger partial charge on any atom is 0.0715 e. The van der Waals surface area contributed by atoms with Crippen LogP contribution in [0.5, 0.6) is 0 Å². The van der Waals surface area contributed by atoms with Crippen molar-refractivity contribution in [3.05, 3.63) is 102 Å². The summed E-state index contributed by atoms with van der Waals surface area (Å²) in [5.74, 6) is -2.39. The summed E-state index contributed by atoms with van der Waals surface area (Å²) in [5, 5.41) is 21.7. The lowest BCUT2D eigenvalue weighted by atomic mass is 10.0. The third kappa shape index (κ3) is 3.95. The van der Waals surface area contributed by atoms with E-state index in [4.69, 9.17) is 0 Å². The van der Waals surface area contributed by atoms with Gasteiger partial charge >= 0.3 is 0 Å². The lowest BCUT2D eigenvalue weighted by molar-refractivity contribution is -0.256. The summed E-state index contributed by atoms with van der Waals surface area (Å²) in [6.07, 6.45) is 1.75. The monoisotopic (exact) mass is 393 g/mol. The third-order valence-corrected chi connectivity index (χ3v) is 4.85. The number of hydrogen-bond donors (Lipinski definition) is 0. The van der Waals surface area contributed by atoms with Crippen LogP contribution in [0.25, 0.3) is 33.5 Å². The van der Waals surface area contributed by atoms with Gasteiger partial charge in [-0.15, -0.1) is 0 Å². The molecule has 3 aromatic carbocycles. The molecule has 0 saturated carbocycles. The van der Waals surface area contributed by atoms with Crippen LogP contribution in [0, 0.1) is 0 Å². The Labute approximate surface area is 172 Å². The van der Waals surface area contributed by atoms with E-state index in [0.717, 1.165) is 33.5 Å². The van der Waals surface area contributed by atoms with Crippen molar-refractivity contribution >= 4 is 11.9 Å². The van der Waals surface area contributed by atoms with Crippen LogP contribution in [-0.2, 0) is 0 Å². The Morgan fingerprint density at radius 1 is 0.500 bits per heavy atom. The van der Waals surface area contributed by atoms with Crippen molar-refractivity contribution < 1.29 is 19.8 Å². The molecule has 5 nitrogen and oxygen atoms in total. The number of hydrogen-bond acceptors (Lipinski definition) is 5. The highest BCUT2D eigenvalue weighted by molar-refractivity contribution is 5.87. The van der Waals surface area contributed by atoms with E-state index in [-0.39, 0.29) is 11.1 Å². The fourth-order valence-electron chi connectivity index (χ4n) is 3.17. The van der Waals surface area contributed by atoms with Gasteiger partial charge in [-0.1, -0.05) is 78.9 Å². The molecule has 0 radical (unpaired) electrons. The molecule has 1 aromatic heterocycles. The predicted molar refractivity (Wildman–Crippen MR) is 109 cm³/mol. The fraction of sp³-hybridized carbons (Fsp3) is 0. The first-order valence-electron chi connectivity index (χ1n) is 9.21. The Kier molecular flexibility index (Phi) is 5.09. The zero-order chi connectivity index (χ0) is 21.1. The number of aromatic carboxylic acids is 2. The first kappa shape index (κ1) is 19.1. The number of carbonyl (C=O) groups excluding carboxylic acids is 2. The van der Waals surface area contributed by atoms with Crippen molar-refractivity contribution in [2.24, 2.45) is 0 Å². The zero-order valence-corrected chi connectivity index (χ0v) is 15.7. The van der Waals surface area contributed by atoms with E-state index in [9.17, 15) is 19.8 Å². The smallest absolute Gasteiger partial charge is 0.0715 e. The normalized spacial score (nSPS) is 10.5. The van der Waals surface area contributed by atoms with Crippen molar-refractivity contribution in [1.82, 2.24) is 4.98 Å². The Bertz CT molecular complexity index is 1100. The molecule has 30 heavy (non-hydrogen) atoms. The molecule has 4 rings (SSSR count). The van der Waals surface area contributed by atoms with Gasteiger partial charge < -0.3 is 19.8 Å². The van der Waals surface area contributed by atoms with Gasteiger partial charge in [-0.3, -0.25) is 4.98 Å². The summed E-state index contributed by atoms with van der Waals surface area (Å²) in [5.41, 5.74) is 5.67. The summed E-state index contributed by atoms with van der Waals surface area (Å²) in [4.78, 5) is 26.2. The van der Waals surface area contributed by atoms with E-state index < -0.39 is 11.9 Å². The van der Waals surface area contributed by atoms with Crippen LogP contribution in [0.4, 0.5) is 0 Å². The van der Waals surface area contributed by atoms with Gasteiger partial charge in [0.2, 0.25) is 0 Å². The largest absolute Gasteiger partial charge is 0.545 e. The minimum Gasteiger partial charge on any atom is -0.545 e. The van der Waals surface area contributed by atoms with Crippen LogP contribution in [0.1, 0.15) is 20.7 Å². The van der Waals surface area contributed by atoms with Gasteiger partial charge in [-0.05, 0) is 33.9 Å². The Balaban J connectivity index is 1.53. The molecule has 0 spiro atoms. The van der Waals surface area contributed by atoms with E-state index in [0.29, 0.717) is 0 Å². The van der Waals surface area contributed by atoms with Gasteiger partial charge in [0.25, 0.3) is 0 Å². The summed E-state index contributed by atoms with van der Waals surface area (Å²) < 4.78 is 0. The first-order chi connectivity index (χ1) is 14.5. The highest BCUT2D eigenvalue weighted by Gasteiger charge is 2.04. The van der Waals surface area contributed by atoms with Crippen LogP contribution in [0.2, 0.25) is 0 Å². The van der Waals surface area contributed by atoms with Crippen molar-refractivity contribution in [3.63, 3.8) is 0 Å². The van der Waals surface area contributed by atoms with Gasteiger partial charge in [0, 0.05) is 17.3 Å². The quantitative estimate of drug-likeness (QED) is 0.520. The third-order valence-electron chi connectivity index (χ3n) is 4.85. The lowest BCUT2D eigenvalue weighted by Crippen LogP contribution is -2.21. The maximum absolute atomic E-state index is 10.9. The molecule has 0 aliphatic heterocycles. The molecule has 5 heteroatoms. The molecule has 0 aliphatic carbocycles. The molecule has 146 valence electrons. The molecule has 0 atom stereocenters. The average Bonchev–Trinajstić information content (AvgIpc) is 2.79. The first-order valence-corrected chi connectivity index (χ1v) is 9.21. The summed E-state index contributed by atoms with van der Waals surface area (Å²) in [7, 11) is 0. The number of carboxylic acids is 2. The molecule has 4 aromatic rings. The van der Waals surface area contributed by atoms with E-state index in [1.807, 2.05) is 36.4 Å². The number of pyridine rings is 1. The molecular formula is C25H15NO4-2. The maximum atomic E-state index is 10.9. The second-order valence-electron chi connectivity index (χ2n) is 6.74. The average molecular weight is 393 g/mol. The number of carboxylic acid groups (broad SMARTS) is 2. The molecular weight excluding hydrogens is 378 g/mol. The highest BCUT2D eigenvalue weighted by atomic mass is 16.4. The van der Waals surface area contributed by atoms with Crippen molar-refractivity contribution in [2.45, 2.75) is 0 Å². The van der Waals surface area contributed by atoms with E-state index in [1.165, 1.54) is 24.3 Å². The van der Waals surface area contributed by atoms with Gasteiger partial charge in [0.05, 0.1) is 17.6 Å². The number of carbonyl (C=O) groups is 2. The molecule has 0 bridgehead atoms. The van der Waals surface area contributed by atoms with Crippen LogP contribution in [-0.4, -0.2) is 16.9 Å². The van der Waals surface area contributed by atoms with Crippen LogP contribution >= 0.6 is 0 Å². The van der Waals surface area contributed by atoms with Crippen LogP contribution < -0.4 is 10.2 Å².